The Morgan fingerprint density at radius 2 is 1.64 bits per heavy atom. The van der Waals surface area contributed by atoms with Crippen molar-refractivity contribution in [2.45, 2.75) is 51.5 Å². The number of anilines is 1. The van der Waals surface area contributed by atoms with Gasteiger partial charge >= 0.3 is 0 Å². The number of piperazine rings is 1. The van der Waals surface area contributed by atoms with Crippen LogP contribution in [0.4, 0.5) is 5.69 Å². The highest BCUT2D eigenvalue weighted by Crippen LogP contribution is 2.35. The molecule has 1 N–H and O–H groups in total. The van der Waals surface area contributed by atoms with Crippen LogP contribution in [0.15, 0.2) is 24.3 Å². The molecule has 5 nitrogen and oxygen atoms in total. The van der Waals surface area contributed by atoms with E-state index in [9.17, 15) is 9.59 Å². The zero-order valence-corrected chi connectivity index (χ0v) is 17.2. The summed E-state index contributed by atoms with van der Waals surface area (Å²) in [6.45, 7) is 7.17. The molecule has 1 aromatic carbocycles. The van der Waals surface area contributed by atoms with Crippen LogP contribution < -0.4 is 9.80 Å². The number of carbonyl (C=O) groups excluding carboxylic acids is 2. The van der Waals surface area contributed by atoms with Gasteiger partial charge in [-0.15, -0.1) is 0 Å². The molecule has 0 bridgehead atoms. The lowest BCUT2D eigenvalue weighted by Gasteiger charge is -2.44. The minimum absolute atomic E-state index is 0.109. The molecule has 2 saturated heterocycles. The second-order valence-electron chi connectivity index (χ2n) is 8.86. The van der Waals surface area contributed by atoms with E-state index in [0.717, 1.165) is 44.2 Å². The lowest BCUT2D eigenvalue weighted by atomic mass is 9.78. The highest BCUT2D eigenvalue weighted by molar-refractivity contribution is 5.94. The van der Waals surface area contributed by atoms with Crippen molar-refractivity contribution in [3.05, 3.63) is 29.8 Å². The Morgan fingerprint density at radius 1 is 0.964 bits per heavy atom. The average molecular weight is 385 g/mol. The molecule has 2 heterocycles. The normalized spacial score (nSPS) is 26.0. The van der Waals surface area contributed by atoms with Crippen molar-refractivity contribution in [1.82, 2.24) is 4.90 Å². The van der Waals surface area contributed by atoms with Crippen molar-refractivity contribution in [2.24, 2.45) is 5.92 Å². The number of quaternary nitrogens is 1. The number of benzene rings is 1. The number of amides is 1. The number of nitrogens with one attached hydrogen (secondary N) is 1. The molecule has 3 fully saturated rings. The fourth-order valence-corrected chi connectivity index (χ4v) is 5.41. The molecule has 2 aliphatic heterocycles. The zero-order chi connectivity index (χ0) is 19.5. The lowest BCUT2D eigenvalue weighted by molar-refractivity contribution is -0.892. The summed E-state index contributed by atoms with van der Waals surface area (Å²) in [5.74, 6) is 1.25. The molecule has 4 rings (SSSR count). The van der Waals surface area contributed by atoms with E-state index in [1.54, 1.807) is 6.92 Å². The molecule has 0 unspecified atom stereocenters. The molecule has 1 amide bonds. The van der Waals surface area contributed by atoms with Gasteiger partial charge < -0.3 is 14.7 Å². The van der Waals surface area contributed by atoms with Gasteiger partial charge in [-0.05, 0) is 62.8 Å². The van der Waals surface area contributed by atoms with E-state index in [0.29, 0.717) is 18.5 Å². The Labute approximate surface area is 168 Å². The molecule has 5 heteroatoms. The predicted octanol–water partition coefficient (Wildman–Crippen LogP) is 1.78. The van der Waals surface area contributed by atoms with Crippen LogP contribution in [-0.4, -0.2) is 61.9 Å². The maximum Gasteiger partial charge on any atom is 0.278 e. The third-order valence-electron chi connectivity index (χ3n) is 7.07. The highest BCUT2D eigenvalue weighted by Gasteiger charge is 2.37. The van der Waals surface area contributed by atoms with Gasteiger partial charge in [0.2, 0.25) is 0 Å². The van der Waals surface area contributed by atoms with Crippen LogP contribution >= 0.6 is 0 Å². The van der Waals surface area contributed by atoms with E-state index in [1.165, 1.54) is 49.1 Å². The molecule has 2 atom stereocenters. The molecule has 1 aromatic rings. The molecule has 1 saturated carbocycles. The second kappa shape index (κ2) is 8.64. The Hall–Kier alpha value is -1.88. The van der Waals surface area contributed by atoms with Crippen LogP contribution in [0.2, 0.25) is 0 Å². The summed E-state index contributed by atoms with van der Waals surface area (Å²) in [7, 11) is 0. The van der Waals surface area contributed by atoms with Crippen molar-refractivity contribution in [3.8, 4) is 0 Å². The first-order chi connectivity index (χ1) is 13.6. The van der Waals surface area contributed by atoms with Crippen LogP contribution in [0, 0.1) is 5.92 Å². The number of likely N-dealkylation sites (tertiary alicyclic amines) is 1. The summed E-state index contributed by atoms with van der Waals surface area (Å²) in [5.41, 5.74) is 1.94. The largest absolute Gasteiger partial charge is 0.360 e. The Bertz CT molecular complexity index is 692. The van der Waals surface area contributed by atoms with E-state index < -0.39 is 0 Å². The fourth-order valence-electron chi connectivity index (χ4n) is 5.41. The first kappa shape index (κ1) is 19.4. The van der Waals surface area contributed by atoms with Gasteiger partial charge in [0.1, 0.15) is 0 Å². The molecule has 0 aromatic heterocycles. The molecule has 152 valence electrons. The third kappa shape index (κ3) is 4.24. The number of nitrogens with zero attached hydrogens (tertiary/aromatic N) is 2. The van der Waals surface area contributed by atoms with E-state index >= 15 is 0 Å². The van der Waals surface area contributed by atoms with Gasteiger partial charge in [-0.3, -0.25) is 9.59 Å². The summed E-state index contributed by atoms with van der Waals surface area (Å²) in [5, 5.41) is 0. The van der Waals surface area contributed by atoms with E-state index in [-0.39, 0.29) is 5.78 Å². The smallest absolute Gasteiger partial charge is 0.278 e. The summed E-state index contributed by atoms with van der Waals surface area (Å²) in [4.78, 5) is 30.5. The van der Waals surface area contributed by atoms with Crippen molar-refractivity contribution < 1.29 is 14.5 Å². The lowest BCUT2D eigenvalue weighted by Crippen LogP contribution is -3.16. The molecule has 3 aliphatic rings. The van der Waals surface area contributed by atoms with Crippen LogP contribution in [-0.2, 0) is 4.79 Å². The van der Waals surface area contributed by atoms with Gasteiger partial charge in [-0.1, -0.05) is 12.8 Å². The van der Waals surface area contributed by atoms with Gasteiger partial charge in [0, 0.05) is 23.8 Å². The monoisotopic (exact) mass is 384 g/mol. The van der Waals surface area contributed by atoms with E-state index in [2.05, 4.69) is 9.80 Å². The van der Waals surface area contributed by atoms with E-state index in [4.69, 9.17) is 0 Å². The number of Topliss-reactive ketones (excluding diaryl/α,β-unsaturated/α-hetero) is 1. The topological polar surface area (TPSA) is 45.1 Å². The third-order valence-corrected chi connectivity index (χ3v) is 7.07. The number of fused-ring (bicyclic) bond motifs is 1. The van der Waals surface area contributed by atoms with Crippen LogP contribution in [0.25, 0.3) is 0 Å². The number of rotatable bonds is 4. The molecular weight excluding hydrogens is 350 g/mol. The van der Waals surface area contributed by atoms with Crippen LogP contribution in [0.5, 0.6) is 0 Å². The number of ketones is 1. The summed E-state index contributed by atoms with van der Waals surface area (Å²) >= 11 is 0. The fraction of sp³-hybridized carbons (Fsp3) is 0.652. The standard InChI is InChI=1S/C23H33N3O2/c1-18(27)19-8-10-21(11-9-19)25-15-13-24(14-16-25)17-23(28)26-12-4-6-20-5-2-3-7-22(20)26/h8-11,20,22H,2-7,12-17H2,1H3/p+1/t20-,22+/m0/s1. The van der Waals surface area contributed by atoms with Crippen molar-refractivity contribution in [2.75, 3.05) is 44.2 Å². The first-order valence-electron chi connectivity index (χ1n) is 11.1. The Morgan fingerprint density at radius 3 is 2.36 bits per heavy atom. The number of carbonyl (C=O) groups is 2. The van der Waals surface area contributed by atoms with Crippen LogP contribution in [0.1, 0.15) is 55.8 Å². The summed E-state index contributed by atoms with van der Waals surface area (Å²) in [6, 6.07) is 8.44. The minimum Gasteiger partial charge on any atom is -0.360 e. The van der Waals surface area contributed by atoms with E-state index in [1.807, 2.05) is 24.3 Å². The zero-order valence-electron chi connectivity index (χ0n) is 17.2. The minimum atomic E-state index is 0.109. The predicted molar refractivity (Wildman–Crippen MR) is 111 cm³/mol. The molecule has 0 spiro atoms. The quantitative estimate of drug-likeness (QED) is 0.805. The van der Waals surface area contributed by atoms with Gasteiger partial charge in [-0.25, -0.2) is 0 Å². The van der Waals surface area contributed by atoms with Gasteiger partial charge in [0.05, 0.1) is 26.2 Å². The molecule has 0 radical (unpaired) electrons. The molecule has 28 heavy (non-hydrogen) atoms. The Balaban J connectivity index is 1.29. The summed E-state index contributed by atoms with van der Waals surface area (Å²) < 4.78 is 0. The SMILES string of the molecule is CC(=O)c1ccc(N2CC[NH+](CC(=O)N3CCC[C@@H]4CCCC[C@H]43)CC2)cc1. The second-order valence-corrected chi connectivity index (χ2v) is 8.86. The number of hydrogen-bond acceptors (Lipinski definition) is 3. The first-order valence-corrected chi connectivity index (χ1v) is 11.1. The van der Waals surface area contributed by atoms with Gasteiger partial charge in [0.15, 0.2) is 12.3 Å². The van der Waals surface area contributed by atoms with Gasteiger partial charge in [0.25, 0.3) is 5.91 Å². The molecular formula is C23H34N3O2+. The Kier molecular flexibility index (Phi) is 6.00. The van der Waals surface area contributed by atoms with Crippen molar-refractivity contribution >= 4 is 17.4 Å². The number of hydrogen-bond donors (Lipinski definition) is 1. The maximum absolute atomic E-state index is 13.0. The number of piperidine rings is 1. The van der Waals surface area contributed by atoms with Crippen LogP contribution in [0.3, 0.4) is 0 Å². The van der Waals surface area contributed by atoms with Crippen molar-refractivity contribution in [1.29, 1.82) is 0 Å². The summed E-state index contributed by atoms with van der Waals surface area (Å²) in [6.07, 6.45) is 7.69. The molecule has 1 aliphatic carbocycles. The highest BCUT2D eigenvalue weighted by atomic mass is 16.2. The van der Waals surface area contributed by atoms with Crippen molar-refractivity contribution in [3.63, 3.8) is 0 Å². The maximum atomic E-state index is 13.0. The average Bonchev–Trinajstić information content (AvgIpc) is 2.74. The van der Waals surface area contributed by atoms with Gasteiger partial charge in [-0.2, -0.15) is 0 Å².